The molecule has 0 bridgehead atoms. The van der Waals surface area contributed by atoms with Gasteiger partial charge in [-0.25, -0.2) is 0 Å². The standard InChI is InChI=1S/C22H19N5O/c28-22(26-16-5-8-21-15(11-16)13-25-27-21)20-7-6-17(14-9-10-23-24-12-14)18-3-1-2-4-19(18)20/h1-4,6-7,9-10,12-13,16H,5,8,11H2,(H,25,27)(H,26,28). The van der Waals surface area contributed by atoms with Crippen LogP contribution < -0.4 is 5.32 Å². The van der Waals surface area contributed by atoms with Crippen molar-refractivity contribution in [3.05, 3.63) is 77.9 Å². The fourth-order valence-corrected chi connectivity index (χ4v) is 4.00. The van der Waals surface area contributed by atoms with Crippen molar-refractivity contribution in [2.45, 2.75) is 25.3 Å². The zero-order chi connectivity index (χ0) is 18.9. The second kappa shape index (κ2) is 6.88. The first-order valence-corrected chi connectivity index (χ1v) is 9.40. The molecule has 0 saturated heterocycles. The largest absolute Gasteiger partial charge is 0.349 e. The average Bonchev–Trinajstić information content (AvgIpc) is 3.21. The number of benzene rings is 2. The third-order valence-electron chi connectivity index (χ3n) is 5.42. The van der Waals surface area contributed by atoms with E-state index in [4.69, 9.17) is 0 Å². The number of aromatic nitrogens is 4. The monoisotopic (exact) mass is 369 g/mol. The molecule has 6 nitrogen and oxygen atoms in total. The summed E-state index contributed by atoms with van der Waals surface area (Å²) in [6.45, 7) is 0. The van der Waals surface area contributed by atoms with E-state index in [2.05, 4.69) is 25.7 Å². The van der Waals surface area contributed by atoms with Crippen molar-refractivity contribution in [1.29, 1.82) is 0 Å². The van der Waals surface area contributed by atoms with Gasteiger partial charge in [0, 0.05) is 22.9 Å². The van der Waals surface area contributed by atoms with E-state index in [-0.39, 0.29) is 11.9 Å². The molecular formula is C22H19N5O. The highest BCUT2D eigenvalue weighted by Crippen LogP contribution is 2.30. The maximum atomic E-state index is 13.1. The molecule has 2 heterocycles. The van der Waals surface area contributed by atoms with Gasteiger partial charge < -0.3 is 5.32 Å². The second-order valence-corrected chi connectivity index (χ2v) is 7.12. The van der Waals surface area contributed by atoms with Crippen LogP contribution in [0, 0.1) is 0 Å². The fraction of sp³-hybridized carbons (Fsp3) is 0.182. The summed E-state index contributed by atoms with van der Waals surface area (Å²) in [5, 5.41) is 20.2. The molecule has 2 N–H and O–H groups in total. The van der Waals surface area contributed by atoms with Gasteiger partial charge in [-0.2, -0.15) is 15.3 Å². The Bertz CT molecular complexity index is 1150. The summed E-state index contributed by atoms with van der Waals surface area (Å²) in [6, 6.07) is 13.9. The van der Waals surface area contributed by atoms with E-state index in [0.717, 1.165) is 41.2 Å². The molecule has 5 rings (SSSR count). The summed E-state index contributed by atoms with van der Waals surface area (Å²) in [5.41, 5.74) is 5.10. The average molecular weight is 369 g/mol. The Morgan fingerprint density at radius 3 is 2.79 bits per heavy atom. The molecule has 1 amide bonds. The van der Waals surface area contributed by atoms with Crippen molar-refractivity contribution < 1.29 is 4.79 Å². The summed E-state index contributed by atoms with van der Waals surface area (Å²) in [7, 11) is 0. The molecular weight excluding hydrogens is 350 g/mol. The number of nitrogens with one attached hydrogen (secondary N) is 2. The highest BCUT2D eigenvalue weighted by Gasteiger charge is 2.23. The number of aromatic amines is 1. The van der Waals surface area contributed by atoms with Crippen LogP contribution in [-0.4, -0.2) is 32.3 Å². The summed E-state index contributed by atoms with van der Waals surface area (Å²) < 4.78 is 0. The van der Waals surface area contributed by atoms with E-state index in [1.165, 1.54) is 11.3 Å². The van der Waals surface area contributed by atoms with Gasteiger partial charge in [0.1, 0.15) is 0 Å². The second-order valence-electron chi connectivity index (χ2n) is 7.12. The van der Waals surface area contributed by atoms with Gasteiger partial charge in [-0.15, -0.1) is 0 Å². The Kier molecular flexibility index (Phi) is 4.09. The van der Waals surface area contributed by atoms with Crippen LogP contribution in [0.1, 0.15) is 28.0 Å². The Balaban J connectivity index is 1.47. The van der Waals surface area contributed by atoms with Crippen LogP contribution >= 0.6 is 0 Å². The van der Waals surface area contributed by atoms with Gasteiger partial charge in [-0.3, -0.25) is 9.89 Å². The number of fused-ring (bicyclic) bond motifs is 2. The molecule has 4 aromatic rings. The molecule has 28 heavy (non-hydrogen) atoms. The van der Waals surface area contributed by atoms with E-state index >= 15 is 0 Å². The van der Waals surface area contributed by atoms with Gasteiger partial charge in [0.05, 0.1) is 18.6 Å². The molecule has 2 aromatic heterocycles. The molecule has 0 fully saturated rings. The normalized spacial score (nSPS) is 15.9. The van der Waals surface area contributed by atoms with E-state index in [1.54, 1.807) is 12.4 Å². The quantitative estimate of drug-likeness (QED) is 0.580. The molecule has 0 saturated carbocycles. The zero-order valence-electron chi connectivity index (χ0n) is 15.2. The molecule has 1 unspecified atom stereocenters. The van der Waals surface area contributed by atoms with E-state index < -0.39 is 0 Å². The molecule has 1 aliphatic carbocycles. The molecule has 0 radical (unpaired) electrons. The molecule has 2 aromatic carbocycles. The number of carbonyl (C=O) groups excluding carboxylic acids is 1. The lowest BCUT2D eigenvalue weighted by Gasteiger charge is -2.23. The van der Waals surface area contributed by atoms with Gasteiger partial charge in [0.25, 0.3) is 5.91 Å². The third kappa shape index (κ3) is 2.93. The van der Waals surface area contributed by atoms with Crippen molar-refractivity contribution in [3.8, 4) is 11.1 Å². The SMILES string of the molecule is O=C(NC1CCc2[nH]ncc2C1)c1ccc(-c2ccnnc2)c2ccccc12. The predicted octanol–water partition coefficient (Wildman–Crippen LogP) is 3.31. The first kappa shape index (κ1) is 16.6. The summed E-state index contributed by atoms with van der Waals surface area (Å²) in [5.74, 6) is -0.0347. The molecule has 0 aliphatic heterocycles. The number of amides is 1. The van der Waals surface area contributed by atoms with Crippen molar-refractivity contribution in [2.75, 3.05) is 0 Å². The van der Waals surface area contributed by atoms with E-state index in [0.29, 0.717) is 5.56 Å². The molecule has 1 aliphatic rings. The highest BCUT2D eigenvalue weighted by molar-refractivity contribution is 6.11. The summed E-state index contributed by atoms with van der Waals surface area (Å²) in [6.07, 6.45) is 7.93. The van der Waals surface area contributed by atoms with Gasteiger partial charge in [-0.05, 0) is 53.3 Å². The lowest BCUT2D eigenvalue weighted by Crippen LogP contribution is -2.38. The number of H-pyrrole nitrogens is 1. The predicted molar refractivity (Wildman–Crippen MR) is 107 cm³/mol. The highest BCUT2D eigenvalue weighted by atomic mass is 16.1. The maximum absolute atomic E-state index is 13.1. The zero-order valence-corrected chi connectivity index (χ0v) is 15.2. The van der Waals surface area contributed by atoms with Crippen LogP contribution in [0.15, 0.2) is 61.1 Å². The number of hydrogen-bond acceptors (Lipinski definition) is 4. The maximum Gasteiger partial charge on any atom is 0.252 e. The lowest BCUT2D eigenvalue weighted by atomic mass is 9.92. The number of rotatable bonds is 3. The Morgan fingerprint density at radius 1 is 1.04 bits per heavy atom. The van der Waals surface area contributed by atoms with Crippen molar-refractivity contribution >= 4 is 16.7 Å². The summed E-state index contributed by atoms with van der Waals surface area (Å²) in [4.78, 5) is 13.1. The molecule has 6 heteroatoms. The van der Waals surface area contributed by atoms with E-state index in [1.807, 2.05) is 48.7 Å². The Labute approximate surface area is 162 Å². The minimum absolute atomic E-state index is 0.0347. The smallest absolute Gasteiger partial charge is 0.252 e. The Morgan fingerprint density at radius 2 is 1.93 bits per heavy atom. The van der Waals surface area contributed by atoms with Crippen LogP contribution in [0.3, 0.4) is 0 Å². The first-order chi connectivity index (χ1) is 13.8. The number of hydrogen-bond donors (Lipinski definition) is 2. The van der Waals surface area contributed by atoms with Crippen LogP contribution in [0.5, 0.6) is 0 Å². The summed E-state index contributed by atoms with van der Waals surface area (Å²) >= 11 is 0. The Hall–Kier alpha value is -3.54. The van der Waals surface area contributed by atoms with Crippen molar-refractivity contribution in [1.82, 2.24) is 25.7 Å². The molecule has 138 valence electrons. The van der Waals surface area contributed by atoms with Crippen LogP contribution in [0.4, 0.5) is 0 Å². The molecule has 1 atom stereocenters. The van der Waals surface area contributed by atoms with Gasteiger partial charge in [0.2, 0.25) is 0 Å². The minimum atomic E-state index is -0.0347. The first-order valence-electron chi connectivity index (χ1n) is 9.40. The number of nitrogens with zero attached hydrogens (tertiary/aromatic N) is 3. The minimum Gasteiger partial charge on any atom is -0.349 e. The third-order valence-corrected chi connectivity index (χ3v) is 5.42. The lowest BCUT2D eigenvalue weighted by molar-refractivity contribution is 0.0935. The van der Waals surface area contributed by atoms with Gasteiger partial charge >= 0.3 is 0 Å². The fourth-order valence-electron chi connectivity index (χ4n) is 4.00. The van der Waals surface area contributed by atoms with Crippen LogP contribution in [0.25, 0.3) is 21.9 Å². The van der Waals surface area contributed by atoms with Crippen molar-refractivity contribution in [3.63, 3.8) is 0 Å². The van der Waals surface area contributed by atoms with E-state index in [9.17, 15) is 4.79 Å². The molecule has 0 spiro atoms. The van der Waals surface area contributed by atoms with Crippen LogP contribution in [0.2, 0.25) is 0 Å². The van der Waals surface area contributed by atoms with Crippen LogP contribution in [-0.2, 0) is 12.8 Å². The van der Waals surface area contributed by atoms with Gasteiger partial charge in [0.15, 0.2) is 0 Å². The van der Waals surface area contributed by atoms with Crippen molar-refractivity contribution in [2.24, 2.45) is 0 Å². The number of aryl methyl sites for hydroxylation is 1. The van der Waals surface area contributed by atoms with Gasteiger partial charge in [-0.1, -0.05) is 30.3 Å². The topological polar surface area (TPSA) is 83.6 Å². The number of carbonyl (C=O) groups is 1.